The Labute approximate surface area is 279 Å². The van der Waals surface area contributed by atoms with E-state index < -0.39 is 58.1 Å². The first-order valence-corrected chi connectivity index (χ1v) is 18.2. The molecule has 3 amide bonds. The number of β-amino-alcohol motifs (C(OH)–C–C–N with tert-alkyl or cyclic N) is 1. The molecule has 10 nitrogen and oxygen atoms in total. The highest BCUT2D eigenvalue weighted by atomic mass is 32.2. The first-order valence-electron chi connectivity index (χ1n) is 16.7. The number of nitrogens with one attached hydrogen (secondary N) is 2. The molecule has 0 bridgehead atoms. The number of rotatable bonds is 10. The van der Waals surface area contributed by atoms with Crippen molar-refractivity contribution >= 4 is 44.5 Å². The van der Waals surface area contributed by atoms with Gasteiger partial charge < -0.3 is 20.6 Å². The van der Waals surface area contributed by atoms with Gasteiger partial charge in [0.05, 0.1) is 34.4 Å². The molecule has 2 saturated carbocycles. The van der Waals surface area contributed by atoms with Crippen LogP contribution < -0.4 is 10.6 Å². The average molecular weight is 677 g/mol. The summed E-state index contributed by atoms with van der Waals surface area (Å²) in [4.78, 5) is 45.3. The fourth-order valence-electron chi connectivity index (χ4n) is 6.66. The Hall–Kier alpha value is -4.16. The molecule has 48 heavy (non-hydrogen) atoms. The molecular formula is C36H41FN4O6S. The summed E-state index contributed by atoms with van der Waals surface area (Å²) in [5.41, 5.74) is 1.95. The number of aromatic nitrogens is 1. The molecule has 1 saturated heterocycles. The van der Waals surface area contributed by atoms with Crippen molar-refractivity contribution in [2.75, 3.05) is 13.1 Å². The van der Waals surface area contributed by atoms with E-state index in [9.17, 15) is 32.3 Å². The molecule has 0 spiro atoms. The lowest BCUT2D eigenvalue weighted by Crippen LogP contribution is -2.49. The summed E-state index contributed by atoms with van der Waals surface area (Å²) >= 11 is 0. The first-order chi connectivity index (χ1) is 23.0. The molecule has 3 aromatic rings. The number of hydrogen-bond donors (Lipinski definition) is 3. The number of amides is 3. The van der Waals surface area contributed by atoms with Gasteiger partial charge >= 0.3 is 0 Å². The van der Waals surface area contributed by atoms with Gasteiger partial charge in [-0.25, -0.2) is 17.8 Å². The molecule has 3 fully saturated rings. The molecule has 2 heterocycles. The Kier molecular flexibility index (Phi) is 9.93. The maximum Gasteiger partial charge on any atom is 0.270 e. The Morgan fingerprint density at radius 1 is 1.04 bits per heavy atom. The number of carbonyl (C=O) groups is 3. The van der Waals surface area contributed by atoms with Crippen LogP contribution in [0.3, 0.4) is 0 Å². The highest BCUT2D eigenvalue weighted by Gasteiger charge is 2.39. The van der Waals surface area contributed by atoms with Gasteiger partial charge in [0, 0.05) is 18.4 Å². The molecule has 3 aliphatic rings. The molecule has 3 N–H and O–H groups in total. The minimum Gasteiger partial charge on any atom is -0.391 e. The number of sulfone groups is 1. The Bertz CT molecular complexity index is 1850. The number of hydrogen-bond acceptors (Lipinski definition) is 7. The third-order valence-corrected chi connectivity index (χ3v) is 11.8. The standard InChI is InChI=1S/C36H41FN4O6S/c1-22(30-14-13-29(18-24(30)10-9-23-7-8-23)48(46,47)28-5-3-2-4-6-28)39-36(45)33-19-27(42)21-41(33)34(43)20-38-35(44)32-15-11-25-17-26(37)12-16-31(25)40-32/h9-18,22-23,27-28,33,42H,2-8,19-21H2,1H3,(H,38,44)(H,39,45)/b10-9+/t22-,27+,33-/m0/s1. The lowest BCUT2D eigenvalue weighted by atomic mass is 10.00. The number of benzene rings is 2. The molecule has 2 aliphatic carbocycles. The van der Waals surface area contributed by atoms with Crippen molar-refractivity contribution in [3.63, 3.8) is 0 Å². The van der Waals surface area contributed by atoms with Gasteiger partial charge in [0.25, 0.3) is 5.91 Å². The smallest absolute Gasteiger partial charge is 0.270 e. The second-order valence-corrected chi connectivity index (χ2v) is 15.4. The second kappa shape index (κ2) is 14.1. The van der Waals surface area contributed by atoms with Gasteiger partial charge in [0.15, 0.2) is 9.84 Å². The maximum absolute atomic E-state index is 13.6. The van der Waals surface area contributed by atoms with E-state index >= 15 is 0 Å². The van der Waals surface area contributed by atoms with Gasteiger partial charge in [-0.3, -0.25) is 14.4 Å². The fourth-order valence-corrected chi connectivity index (χ4v) is 8.55. The number of pyridine rings is 1. The number of likely N-dealkylation sites (tertiary alicyclic amines) is 1. The van der Waals surface area contributed by atoms with Crippen LogP contribution in [0.5, 0.6) is 0 Å². The Morgan fingerprint density at radius 3 is 2.56 bits per heavy atom. The largest absolute Gasteiger partial charge is 0.391 e. The Balaban J connectivity index is 1.13. The van der Waals surface area contributed by atoms with Crippen molar-refractivity contribution in [1.29, 1.82) is 0 Å². The summed E-state index contributed by atoms with van der Waals surface area (Å²) in [5.74, 6) is -1.57. The number of aliphatic hydroxyl groups is 1. The van der Waals surface area contributed by atoms with Crippen LogP contribution in [0.1, 0.15) is 85.9 Å². The summed E-state index contributed by atoms with van der Waals surface area (Å²) in [6.07, 6.45) is 9.53. The molecule has 1 aromatic heterocycles. The van der Waals surface area contributed by atoms with Crippen LogP contribution in [0.25, 0.3) is 17.0 Å². The minimum atomic E-state index is -3.49. The van der Waals surface area contributed by atoms with E-state index in [1.807, 2.05) is 6.08 Å². The van der Waals surface area contributed by atoms with Gasteiger partial charge in [-0.15, -0.1) is 0 Å². The summed E-state index contributed by atoms with van der Waals surface area (Å²) < 4.78 is 40.5. The van der Waals surface area contributed by atoms with E-state index in [1.54, 1.807) is 31.2 Å². The van der Waals surface area contributed by atoms with Gasteiger partial charge in [-0.2, -0.15) is 0 Å². The third kappa shape index (κ3) is 7.60. The molecule has 1 aliphatic heterocycles. The van der Waals surface area contributed by atoms with Crippen LogP contribution in [0.15, 0.2) is 59.5 Å². The van der Waals surface area contributed by atoms with Crippen molar-refractivity contribution < 1.29 is 32.3 Å². The normalized spacial score (nSPS) is 21.0. The number of allylic oxidation sites excluding steroid dienone is 1. The lowest BCUT2D eigenvalue weighted by molar-refractivity contribution is -0.138. The molecule has 6 rings (SSSR count). The fraction of sp³-hybridized carbons (Fsp3) is 0.444. The zero-order chi connectivity index (χ0) is 34.0. The van der Waals surface area contributed by atoms with E-state index in [0.29, 0.717) is 29.7 Å². The topological polar surface area (TPSA) is 146 Å². The van der Waals surface area contributed by atoms with Gasteiger partial charge in [-0.1, -0.05) is 43.5 Å². The number of fused-ring (bicyclic) bond motifs is 1. The molecule has 0 unspecified atom stereocenters. The zero-order valence-corrected chi connectivity index (χ0v) is 27.7. The number of aliphatic hydroxyl groups excluding tert-OH is 1. The summed E-state index contributed by atoms with van der Waals surface area (Å²) in [7, 11) is -3.49. The summed E-state index contributed by atoms with van der Waals surface area (Å²) in [6, 6.07) is 10.6. The predicted molar refractivity (Wildman–Crippen MR) is 179 cm³/mol. The highest BCUT2D eigenvalue weighted by molar-refractivity contribution is 7.92. The van der Waals surface area contributed by atoms with E-state index in [1.165, 1.54) is 29.2 Å². The maximum atomic E-state index is 13.6. The van der Waals surface area contributed by atoms with Gasteiger partial charge in [-0.05, 0) is 86.1 Å². The number of halogens is 1. The third-order valence-electron chi connectivity index (χ3n) is 9.56. The molecular weight excluding hydrogens is 635 g/mol. The Morgan fingerprint density at radius 2 is 1.81 bits per heavy atom. The monoisotopic (exact) mass is 676 g/mol. The second-order valence-electron chi connectivity index (χ2n) is 13.2. The van der Waals surface area contributed by atoms with E-state index in [4.69, 9.17) is 0 Å². The molecule has 3 atom stereocenters. The minimum absolute atomic E-state index is 0.0358. The molecule has 12 heteroatoms. The van der Waals surface area contributed by atoms with Crippen LogP contribution in [0, 0.1) is 11.7 Å². The van der Waals surface area contributed by atoms with Crippen molar-refractivity contribution in [3.05, 3.63) is 77.2 Å². The van der Waals surface area contributed by atoms with Crippen LogP contribution in [-0.4, -0.2) is 71.6 Å². The highest BCUT2D eigenvalue weighted by Crippen LogP contribution is 2.34. The van der Waals surface area contributed by atoms with Gasteiger partial charge in [0.2, 0.25) is 11.8 Å². The van der Waals surface area contributed by atoms with Crippen LogP contribution >= 0.6 is 0 Å². The van der Waals surface area contributed by atoms with Crippen LogP contribution in [0.2, 0.25) is 0 Å². The lowest BCUT2D eigenvalue weighted by Gasteiger charge is -2.26. The summed E-state index contributed by atoms with van der Waals surface area (Å²) in [5, 5.41) is 16.1. The van der Waals surface area contributed by atoms with Crippen molar-refractivity contribution in [3.8, 4) is 0 Å². The van der Waals surface area contributed by atoms with Gasteiger partial charge in [0.1, 0.15) is 17.6 Å². The zero-order valence-electron chi connectivity index (χ0n) is 26.9. The number of carbonyl (C=O) groups excluding carboxylic acids is 3. The van der Waals surface area contributed by atoms with E-state index in [0.717, 1.165) is 43.2 Å². The van der Waals surface area contributed by atoms with E-state index in [-0.39, 0.29) is 28.8 Å². The summed E-state index contributed by atoms with van der Waals surface area (Å²) in [6.45, 7) is 1.32. The quantitative estimate of drug-likeness (QED) is 0.287. The van der Waals surface area contributed by atoms with Crippen molar-refractivity contribution in [1.82, 2.24) is 20.5 Å². The molecule has 2 aromatic carbocycles. The van der Waals surface area contributed by atoms with Crippen molar-refractivity contribution in [2.24, 2.45) is 5.92 Å². The molecule has 254 valence electrons. The van der Waals surface area contributed by atoms with Crippen LogP contribution in [-0.2, 0) is 19.4 Å². The molecule has 0 radical (unpaired) electrons. The first kappa shape index (κ1) is 33.7. The predicted octanol–water partition coefficient (Wildman–Crippen LogP) is 4.47. The van der Waals surface area contributed by atoms with Crippen LogP contribution in [0.4, 0.5) is 4.39 Å². The van der Waals surface area contributed by atoms with E-state index in [2.05, 4.69) is 21.7 Å². The number of nitrogens with zero attached hydrogens (tertiary/aromatic N) is 2. The average Bonchev–Trinajstić information content (AvgIpc) is 3.84. The van der Waals surface area contributed by atoms with Crippen molar-refractivity contribution in [2.45, 2.75) is 86.6 Å². The SMILES string of the molecule is C[C@H](NC(=O)[C@@H]1C[C@@H](O)CN1C(=O)CNC(=O)c1ccc2cc(F)ccc2n1)c1ccc(S(=O)(=O)C2CCCCC2)cc1/C=C/C1CC1.